The Morgan fingerprint density at radius 2 is 2.08 bits per heavy atom. The molecule has 8 heteroatoms. The zero-order chi connectivity index (χ0) is 18.4. The van der Waals surface area contributed by atoms with Gasteiger partial charge in [-0.05, 0) is 24.3 Å². The number of fused-ring (bicyclic) bond motifs is 1. The number of ether oxygens (including phenoxy) is 2. The molecule has 2 aromatic carbocycles. The number of aromatic nitrogens is 1. The Balaban J connectivity index is 1.56. The van der Waals surface area contributed by atoms with Crippen LogP contribution in [-0.2, 0) is 4.79 Å². The summed E-state index contributed by atoms with van der Waals surface area (Å²) in [5.74, 6) is 1.21. The van der Waals surface area contributed by atoms with E-state index < -0.39 is 0 Å². The number of hydrazone groups is 1. The van der Waals surface area contributed by atoms with Gasteiger partial charge >= 0.3 is 0 Å². The van der Waals surface area contributed by atoms with Crippen LogP contribution in [0.4, 0.5) is 0 Å². The molecule has 0 aliphatic heterocycles. The van der Waals surface area contributed by atoms with E-state index in [0.717, 1.165) is 14.6 Å². The third-order valence-electron chi connectivity index (χ3n) is 3.43. The van der Waals surface area contributed by atoms with Crippen LogP contribution >= 0.6 is 23.1 Å². The first-order chi connectivity index (χ1) is 12.7. The molecule has 0 aliphatic rings. The van der Waals surface area contributed by atoms with Crippen LogP contribution in [0, 0.1) is 0 Å². The number of rotatable bonds is 7. The van der Waals surface area contributed by atoms with E-state index in [1.807, 2.05) is 36.4 Å². The van der Waals surface area contributed by atoms with Crippen molar-refractivity contribution in [2.75, 3.05) is 20.0 Å². The molecule has 0 fully saturated rings. The average Bonchev–Trinajstić information content (AvgIpc) is 3.09. The highest BCUT2D eigenvalue weighted by Crippen LogP contribution is 2.30. The third-order valence-corrected chi connectivity index (χ3v) is 5.61. The zero-order valence-corrected chi connectivity index (χ0v) is 15.9. The summed E-state index contributed by atoms with van der Waals surface area (Å²) in [6, 6.07) is 13.3. The molecule has 0 spiro atoms. The lowest BCUT2D eigenvalue weighted by Gasteiger charge is -2.09. The quantitative estimate of drug-likeness (QED) is 0.381. The Kier molecular flexibility index (Phi) is 6.08. The summed E-state index contributed by atoms with van der Waals surface area (Å²) in [5, 5.41) is 3.99. The molecule has 1 N–H and O–H groups in total. The maximum Gasteiger partial charge on any atom is 0.250 e. The summed E-state index contributed by atoms with van der Waals surface area (Å²) in [4.78, 5) is 16.5. The van der Waals surface area contributed by atoms with Gasteiger partial charge in [-0.25, -0.2) is 10.4 Å². The number of hydrogen-bond acceptors (Lipinski definition) is 7. The van der Waals surface area contributed by atoms with Crippen LogP contribution in [0.25, 0.3) is 10.2 Å². The van der Waals surface area contributed by atoms with Crippen molar-refractivity contribution in [1.29, 1.82) is 0 Å². The SMILES string of the molecule is COc1cccc(/C=N/NC(=O)CSc2nc3ccccc3s2)c1OC. The molecule has 6 nitrogen and oxygen atoms in total. The Hall–Kier alpha value is -2.58. The second-order valence-corrected chi connectivity index (χ2v) is 7.37. The number of nitrogens with one attached hydrogen (secondary N) is 1. The highest BCUT2D eigenvalue weighted by atomic mass is 32.2. The molecule has 134 valence electrons. The Labute approximate surface area is 159 Å². The van der Waals surface area contributed by atoms with Crippen LogP contribution in [0.3, 0.4) is 0 Å². The molecule has 0 radical (unpaired) electrons. The smallest absolute Gasteiger partial charge is 0.250 e. The molecule has 3 rings (SSSR count). The van der Waals surface area contributed by atoms with Crippen molar-refractivity contribution >= 4 is 45.4 Å². The van der Waals surface area contributed by atoms with E-state index in [1.54, 1.807) is 31.6 Å². The van der Waals surface area contributed by atoms with Gasteiger partial charge in [-0.2, -0.15) is 5.10 Å². The molecule has 3 aromatic rings. The van der Waals surface area contributed by atoms with E-state index >= 15 is 0 Å². The molecule has 26 heavy (non-hydrogen) atoms. The average molecular weight is 387 g/mol. The van der Waals surface area contributed by atoms with Gasteiger partial charge in [0.1, 0.15) is 0 Å². The molecule has 0 saturated heterocycles. The molecule has 0 unspecified atom stereocenters. The van der Waals surface area contributed by atoms with Crippen LogP contribution in [0.15, 0.2) is 51.9 Å². The Morgan fingerprint density at radius 3 is 2.85 bits per heavy atom. The molecule has 0 bridgehead atoms. The van der Waals surface area contributed by atoms with Crippen molar-refractivity contribution in [2.45, 2.75) is 4.34 Å². The molecule has 1 amide bonds. The molecule has 0 atom stereocenters. The molecular weight excluding hydrogens is 370 g/mol. The van der Waals surface area contributed by atoms with Crippen molar-refractivity contribution in [3.63, 3.8) is 0 Å². The van der Waals surface area contributed by atoms with Gasteiger partial charge in [0.2, 0.25) is 0 Å². The summed E-state index contributed by atoms with van der Waals surface area (Å²) in [6.07, 6.45) is 1.53. The number of thioether (sulfide) groups is 1. The zero-order valence-electron chi connectivity index (χ0n) is 14.3. The maximum atomic E-state index is 12.0. The normalized spacial score (nSPS) is 11.0. The fourth-order valence-electron chi connectivity index (χ4n) is 2.26. The van der Waals surface area contributed by atoms with Crippen LogP contribution in [0.1, 0.15) is 5.56 Å². The Morgan fingerprint density at radius 1 is 1.23 bits per heavy atom. The number of amides is 1. The van der Waals surface area contributed by atoms with Crippen molar-refractivity contribution in [3.8, 4) is 11.5 Å². The lowest BCUT2D eigenvalue weighted by atomic mass is 10.2. The summed E-state index contributed by atoms with van der Waals surface area (Å²) in [5.41, 5.74) is 4.18. The summed E-state index contributed by atoms with van der Waals surface area (Å²) >= 11 is 2.96. The van der Waals surface area contributed by atoms with E-state index in [1.165, 1.54) is 18.0 Å². The van der Waals surface area contributed by atoms with E-state index in [2.05, 4.69) is 15.5 Å². The molecule has 1 heterocycles. The monoisotopic (exact) mass is 387 g/mol. The highest BCUT2D eigenvalue weighted by Gasteiger charge is 2.09. The van der Waals surface area contributed by atoms with Gasteiger partial charge in [0.05, 0.1) is 36.4 Å². The maximum absolute atomic E-state index is 12.0. The van der Waals surface area contributed by atoms with Gasteiger partial charge in [0.15, 0.2) is 15.8 Å². The number of para-hydroxylation sites is 2. The highest BCUT2D eigenvalue weighted by molar-refractivity contribution is 8.01. The predicted molar refractivity (Wildman–Crippen MR) is 106 cm³/mol. The molecule has 1 aromatic heterocycles. The largest absolute Gasteiger partial charge is 0.493 e. The molecular formula is C18H17N3O3S2. The third kappa shape index (κ3) is 4.33. The van der Waals surface area contributed by atoms with Crippen molar-refractivity contribution in [3.05, 3.63) is 48.0 Å². The van der Waals surface area contributed by atoms with Gasteiger partial charge in [-0.15, -0.1) is 11.3 Å². The van der Waals surface area contributed by atoms with Gasteiger partial charge in [0.25, 0.3) is 5.91 Å². The number of nitrogens with zero attached hydrogens (tertiary/aromatic N) is 2. The number of hydrogen-bond donors (Lipinski definition) is 1. The van der Waals surface area contributed by atoms with Crippen molar-refractivity contribution < 1.29 is 14.3 Å². The first-order valence-corrected chi connectivity index (χ1v) is 9.52. The number of benzene rings is 2. The molecule has 0 aliphatic carbocycles. The van der Waals surface area contributed by atoms with E-state index in [9.17, 15) is 4.79 Å². The topological polar surface area (TPSA) is 72.8 Å². The summed E-state index contributed by atoms with van der Waals surface area (Å²) in [7, 11) is 3.13. The lowest BCUT2D eigenvalue weighted by molar-refractivity contribution is -0.118. The minimum absolute atomic E-state index is 0.202. The fourth-order valence-corrected chi connectivity index (χ4v) is 4.12. The van der Waals surface area contributed by atoms with Gasteiger partial charge < -0.3 is 9.47 Å². The summed E-state index contributed by atoms with van der Waals surface area (Å²) in [6.45, 7) is 0. The lowest BCUT2D eigenvalue weighted by Crippen LogP contribution is -2.19. The second-order valence-electron chi connectivity index (χ2n) is 5.11. The Bertz CT molecular complexity index is 907. The number of carbonyl (C=O) groups excluding carboxylic acids is 1. The van der Waals surface area contributed by atoms with Gasteiger partial charge in [0, 0.05) is 5.56 Å². The van der Waals surface area contributed by atoms with Crippen LogP contribution < -0.4 is 14.9 Å². The van der Waals surface area contributed by atoms with Gasteiger partial charge in [-0.1, -0.05) is 30.0 Å². The number of thiazole rings is 1. The molecule has 0 saturated carbocycles. The standard InChI is InChI=1S/C18H17N3O3S2/c1-23-14-8-5-6-12(17(14)24-2)10-19-21-16(22)11-25-18-20-13-7-3-4-9-15(13)26-18/h3-10H,11H2,1-2H3,(H,21,22)/b19-10+. The van der Waals surface area contributed by atoms with Crippen molar-refractivity contribution in [2.24, 2.45) is 5.10 Å². The second kappa shape index (κ2) is 8.68. The van der Waals surface area contributed by atoms with Crippen LogP contribution in [-0.4, -0.2) is 37.1 Å². The number of carbonyl (C=O) groups is 1. The van der Waals surface area contributed by atoms with Crippen molar-refractivity contribution in [1.82, 2.24) is 10.4 Å². The van der Waals surface area contributed by atoms with Crippen LogP contribution in [0.2, 0.25) is 0 Å². The first kappa shape index (κ1) is 18.2. The number of methoxy groups -OCH3 is 2. The predicted octanol–water partition coefficient (Wildman–Crippen LogP) is 3.56. The van der Waals surface area contributed by atoms with Gasteiger partial charge in [-0.3, -0.25) is 4.79 Å². The van der Waals surface area contributed by atoms with E-state index in [-0.39, 0.29) is 11.7 Å². The minimum atomic E-state index is -0.202. The van der Waals surface area contributed by atoms with E-state index in [4.69, 9.17) is 9.47 Å². The first-order valence-electron chi connectivity index (χ1n) is 7.72. The van der Waals surface area contributed by atoms with E-state index in [0.29, 0.717) is 17.1 Å². The van der Waals surface area contributed by atoms with Crippen LogP contribution in [0.5, 0.6) is 11.5 Å². The fraction of sp³-hybridized carbons (Fsp3) is 0.167. The summed E-state index contributed by atoms with van der Waals surface area (Å²) < 4.78 is 12.5. The minimum Gasteiger partial charge on any atom is -0.493 e.